The van der Waals surface area contributed by atoms with E-state index in [9.17, 15) is 9.59 Å². The number of amides is 2. The van der Waals surface area contributed by atoms with Crippen LogP contribution in [0.5, 0.6) is 0 Å². The molecule has 2 aliphatic rings. The monoisotopic (exact) mass is 424 g/mol. The van der Waals surface area contributed by atoms with Crippen LogP contribution in [0, 0.1) is 17.8 Å². The van der Waals surface area contributed by atoms with Gasteiger partial charge in [-0.1, -0.05) is 0 Å². The third-order valence-electron chi connectivity index (χ3n) is 4.56. The number of carbonyl (C=O) groups excluding carboxylic acids is 2. The fourth-order valence-corrected chi connectivity index (χ4v) is 3.46. The van der Waals surface area contributed by atoms with Gasteiger partial charge < -0.3 is 15.4 Å². The lowest BCUT2D eigenvalue weighted by atomic mass is 9.89. The van der Waals surface area contributed by atoms with Crippen molar-refractivity contribution < 1.29 is 14.3 Å². The van der Waals surface area contributed by atoms with Crippen LogP contribution >= 0.6 is 15.9 Å². The van der Waals surface area contributed by atoms with Crippen LogP contribution in [0.1, 0.15) is 46.5 Å². The first-order valence-electron chi connectivity index (χ1n) is 9.02. The molecule has 8 heteroatoms. The highest BCUT2D eigenvalue weighted by Gasteiger charge is 2.48. The Balaban J connectivity index is 1.74. The molecule has 1 heterocycles. The molecule has 2 N–H and O–H groups in total. The summed E-state index contributed by atoms with van der Waals surface area (Å²) in [6, 6.07) is 2.75. The highest BCUT2D eigenvalue weighted by atomic mass is 79.9. The molecule has 0 aromatic carbocycles. The Hall–Kier alpha value is -1.70. The van der Waals surface area contributed by atoms with Gasteiger partial charge in [-0.25, -0.2) is 4.79 Å². The number of nitrogens with one attached hydrogen (secondary N) is 2. The Morgan fingerprint density at radius 1 is 1.15 bits per heavy atom. The van der Waals surface area contributed by atoms with Gasteiger partial charge in [0.2, 0.25) is 5.91 Å². The number of nitrogens with zero attached hydrogens (tertiary/aromatic N) is 2. The van der Waals surface area contributed by atoms with Gasteiger partial charge in [0.15, 0.2) is 5.82 Å². The minimum Gasteiger partial charge on any atom is -0.444 e. The summed E-state index contributed by atoms with van der Waals surface area (Å²) >= 11 is 3.22. The molecule has 26 heavy (non-hydrogen) atoms. The zero-order valence-electron chi connectivity index (χ0n) is 15.3. The molecular formula is C18H25BrN4O3. The highest BCUT2D eigenvalue weighted by Crippen LogP contribution is 2.50. The first kappa shape index (κ1) is 19.1. The number of ether oxygens (including phenoxy) is 1. The lowest BCUT2D eigenvalue weighted by Crippen LogP contribution is -2.51. The molecule has 3 rings (SSSR count). The molecule has 1 aromatic rings. The normalized spacial score (nSPS) is 18.3. The predicted molar refractivity (Wildman–Crippen MR) is 100 cm³/mol. The summed E-state index contributed by atoms with van der Waals surface area (Å²) < 4.78 is 5.96. The van der Waals surface area contributed by atoms with Crippen LogP contribution in [0.4, 0.5) is 10.6 Å². The van der Waals surface area contributed by atoms with E-state index < -0.39 is 17.7 Å². The number of rotatable bonds is 6. The van der Waals surface area contributed by atoms with Gasteiger partial charge in [-0.05, 0) is 92.3 Å². The topological polar surface area (TPSA) is 93.2 Å². The minimum atomic E-state index is -0.629. The molecule has 2 aliphatic carbocycles. The molecule has 0 saturated heterocycles. The summed E-state index contributed by atoms with van der Waals surface area (Å²) in [5.74, 6) is 1.22. The van der Waals surface area contributed by atoms with Crippen molar-refractivity contribution in [3.63, 3.8) is 0 Å². The van der Waals surface area contributed by atoms with E-state index in [1.54, 1.807) is 32.9 Å². The third-order valence-corrected chi connectivity index (χ3v) is 4.98. The molecule has 0 bridgehead atoms. The van der Waals surface area contributed by atoms with Crippen LogP contribution < -0.4 is 10.6 Å². The maximum atomic E-state index is 12.9. The molecule has 7 nitrogen and oxygen atoms in total. The van der Waals surface area contributed by atoms with E-state index >= 15 is 0 Å². The van der Waals surface area contributed by atoms with Crippen molar-refractivity contribution in [2.24, 2.45) is 17.8 Å². The molecule has 2 saturated carbocycles. The van der Waals surface area contributed by atoms with E-state index in [0.29, 0.717) is 22.3 Å². The zero-order valence-corrected chi connectivity index (χ0v) is 16.9. The van der Waals surface area contributed by atoms with Crippen LogP contribution in [-0.4, -0.2) is 33.8 Å². The van der Waals surface area contributed by atoms with Crippen molar-refractivity contribution in [2.45, 2.75) is 58.1 Å². The number of alkyl carbamates (subject to hydrolysis) is 1. The second kappa shape index (κ2) is 7.50. The number of hydrogen-bond acceptors (Lipinski definition) is 5. The van der Waals surface area contributed by atoms with Crippen molar-refractivity contribution in [3.8, 4) is 0 Å². The first-order chi connectivity index (χ1) is 12.2. The molecule has 1 unspecified atom stereocenters. The third kappa shape index (κ3) is 5.40. The highest BCUT2D eigenvalue weighted by molar-refractivity contribution is 9.10. The van der Waals surface area contributed by atoms with Crippen LogP contribution in [0.15, 0.2) is 16.7 Å². The number of carbonyl (C=O) groups is 2. The Morgan fingerprint density at radius 3 is 2.23 bits per heavy atom. The summed E-state index contributed by atoms with van der Waals surface area (Å²) in [6.45, 7) is 5.41. The van der Waals surface area contributed by atoms with Crippen LogP contribution in [0.25, 0.3) is 0 Å². The average Bonchev–Trinajstić information content (AvgIpc) is 3.41. The summed E-state index contributed by atoms with van der Waals surface area (Å²) in [4.78, 5) is 25.3. The van der Waals surface area contributed by atoms with Gasteiger partial charge in [0.1, 0.15) is 16.2 Å². The molecule has 1 atom stereocenters. The fraction of sp³-hybridized carbons (Fsp3) is 0.667. The second-order valence-electron chi connectivity index (χ2n) is 8.11. The Labute approximate surface area is 161 Å². The number of aromatic nitrogens is 2. The van der Waals surface area contributed by atoms with E-state index in [1.165, 1.54) is 0 Å². The first-order valence-corrected chi connectivity index (χ1v) is 9.82. The van der Waals surface area contributed by atoms with Gasteiger partial charge in [0, 0.05) is 0 Å². The lowest BCUT2D eigenvalue weighted by Gasteiger charge is -2.28. The summed E-state index contributed by atoms with van der Waals surface area (Å²) in [6.07, 6.45) is 3.88. The van der Waals surface area contributed by atoms with Crippen molar-refractivity contribution in [1.29, 1.82) is 0 Å². The number of halogens is 1. The number of hydrogen-bond donors (Lipinski definition) is 2. The van der Waals surface area contributed by atoms with Gasteiger partial charge in [0.25, 0.3) is 0 Å². The van der Waals surface area contributed by atoms with Crippen molar-refractivity contribution in [3.05, 3.63) is 16.7 Å². The zero-order chi connectivity index (χ0) is 18.9. The molecule has 2 amide bonds. The molecule has 2 fully saturated rings. The van der Waals surface area contributed by atoms with Crippen LogP contribution in [0.3, 0.4) is 0 Å². The summed E-state index contributed by atoms with van der Waals surface area (Å²) in [5, 5.41) is 13.4. The van der Waals surface area contributed by atoms with Gasteiger partial charge >= 0.3 is 6.09 Å². The lowest BCUT2D eigenvalue weighted by molar-refractivity contribution is -0.120. The van der Waals surface area contributed by atoms with Gasteiger partial charge in [-0.2, -0.15) is 0 Å². The van der Waals surface area contributed by atoms with E-state index in [1.807, 2.05) is 0 Å². The van der Waals surface area contributed by atoms with Gasteiger partial charge in [0.05, 0.1) is 0 Å². The van der Waals surface area contributed by atoms with E-state index in [4.69, 9.17) is 4.74 Å². The molecular weight excluding hydrogens is 400 g/mol. The Kier molecular flexibility index (Phi) is 5.50. The van der Waals surface area contributed by atoms with Gasteiger partial charge in [-0.3, -0.25) is 4.79 Å². The maximum absolute atomic E-state index is 12.9. The van der Waals surface area contributed by atoms with Crippen LogP contribution in [-0.2, 0) is 9.53 Å². The Bertz CT molecular complexity index is 654. The smallest absolute Gasteiger partial charge is 0.408 e. The largest absolute Gasteiger partial charge is 0.444 e. The quantitative estimate of drug-likeness (QED) is 0.728. The van der Waals surface area contributed by atoms with Crippen molar-refractivity contribution in [1.82, 2.24) is 15.5 Å². The standard InChI is InChI=1S/C18H25BrN4O3/c1-18(2,3)26-17(25)21-15(14(10-4-5-10)11-6-7-11)16(24)20-13-9-8-12(19)22-23-13/h8-11,14-15H,4-7H2,1-3H3,(H,21,25)(H,20,23,24). The van der Waals surface area contributed by atoms with Crippen LogP contribution in [0.2, 0.25) is 0 Å². The van der Waals surface area contributed by atoms with Crippen molar-refractivity contribution in [2.75, 3.05) is 5.32 Å². The predicted octanol–water partition coefficient (Wildman–Crippen LogP) is 3.51. The molecule has 0 aliphatic heterocycles. The SMILES string of the molecule is CC(C)(C)OC(=O)NC(C(=O)Nc1ccc(Br)nn1)C(C1CC1)C1CC1. The molecule has 1 aromatic heterocycles. The second-order valence-corrected chi connectivity index (χ2v) is 8.92. The summed E-state index contributed by atoms with van der Waals surface area (Å²) in [5.41, 5.74) is -0.614. The average molecular weight is 425 g/mol. The van der Waals surface area contributed by atoms with E-state index in [0.717, 1.165) is 25.7 Å². The van der Waals surface area contributed by atoms with E-state index in [2.05, 4.69) is 36.8 Å². The minimum absolute atomic E-state index is 0.144. The van der Waals surface area contributed by atoms with Crippen molar-refractivity contribution >= 4 is 33.7 Å². The van der Waals surface area contributed by atoms with E-state index in [-0.39, 0.29) is 11.8 Å². The van der Waals surface area contributed by atoms with Gasteiger partial charge in [-0.15, -0.1) is 10.2 Å². The Morgan fingerprint density at radius 2 is 1.77 bits per heavy atom. The maximum Gasteiger partial charge on any atom is 0.408 e. The molecule has 0 spiro atoms. The number of anilines is 1. The fourth-order valence-electron chi connectivity index (χ4n) is 3.25. The molecule has 0 radical (unpaired) electrons. The molecule has 142 valence electrons. The summed E-state index contributed by atoms with van der Waals surface area (Å²) in [7, 11) is 0.